The molecule has 0 bridgehead atoms. The molecule has 0 aliphatic carbocycles. The van der Waals surface area contributed by atoms with Gasteiger partial charge in [-0.1, -0.05) is 13.8 Å². The van der Waals surface area contributed by atoms with E-state index in [0.717, 1.165) is 41.5 Å². The molecule has 1 fully saturated rings. The highest BCUT2D eigenvalue weighted by Crippen LogP contribution is 2.25. The Morgan fingerprint density at radius 1 is 1.46 bits per heavy atom. The van der Waals surface area contributed by atoms with Gasteiger partial charge in [0.1, 0.15) is 0 Å². The van der Waals surface area contributed by atoms with E-state index in [9.17, 15) is 0 Å². The normalized spacial score (nSPS) is 23.8. The lowest BCUT2D eigenvalue weighted by molar-refractivity contribution is 0.0801. The fourth-order valence-corrected chi connectivity index (χ4v) is 2.46. The minimum Gasteiger partial charge on any atom is -0.370 e. The predicted octanol–water partition coefficient (Wildman–Crippen LogP) is 1.45. The first-order valence-corrected chi connectivity index (χ1v) is 5.72. The summed E-state index contributed by atoms with van der Waals surface area (Å²) < 4.78 is 8.05. The van der Waals surface area contributed by atoms with Gasteiger partial charge in [-0.15, -0.1) is 17.0 Å². The van der Waals surface area contributed by atoms with Gasteiger partial charge in [0.25, 0.3) is 0 Å². The maximum absolute atomic E-state index is 5.62. The van der Waals surface area contributed by atoms with Crippen molar-refractivity contribution in [1.29, 1.82) is 0 Å². The van der Waals surface area contributed by atoms with Gasteiger partial charge in [0.05, 0.1) is 12.5 Å². The number of halogens is 1. The number of ether oxygens (including phenoxy) is 1. The number of morpholine rings is 1. The molecular weight excluding hydrogens is 251 g/mol. The van der Waals surface area contributed by atoms with Gasteiger partial charge >= 0.3 is 0 Å². The molecule has 5 heteroatoms. The van der Waals surface area contributed by atoms with Crippen LogP contribution in [0, 0.1) is 0 Å². The summed E-state index contributed by atoms with van der Waals surface area (Å²) in [5, 5.41) is 3.34. The van der Waals surface area contributed by atoms with E-state index in [-0.39, 0.29) is 17.0 Å². The Morgan fingerprint density at radius 3 is 2.62 bits per heavy atom. The molecule has 2 unspecified atom stereocenters. The summed E-state index contributed by atoms with van der Waals surface area (Å²) in [4.78, 5) is 0. The molecule has 0 aromatic heterocycles. The third-order valence-electron chi connectivity index (χ3n) is 2.02. The van der Waals surface area contributed by atoms with Gasteiger partial charge in [-0.3, -0.25) is 4.67 Å². The van der Waals surface area contributed by atoms with Crippen molar-refractivity contribution in [3.63, 3.8) is 0 Å². The Morgan fingerprint density at radius 2 is 2.15 bits per heavy atom. The van der Waals surface area contributed by atoms with E-state index < -0.39 is 0 Å². The Bertz CT molecular complexity index is 119. The minimum absolute atomic E-state index is 0. The van der Waals surface area contributed by atoms with Crippen molar-refractivity contribution in [3.8, 4) is 0 Å². The molecule has 0 aromatic rings. The van der Waals surface area contributed by atoms with Crippen molar-refractivity contribution in [2.24, 2.45) is 0 Å². The summed E-state index contributed by atoms with van der Waals surface area (Å²) in [6.45, 7) is 9.58. The molecule has 1 aliphatic heterocycles. The maximum atomic E-state index is 5.62. The summed E-state index contributed by atoms with van der Waals surface area (Å²) in [5.41, 5.74) is 0. The van der Waals surface area contributed by atoms with Crippen molar-refractivity contribution >= 4 is 25.7 Å². The van der Waals surface area contributed by atoms with Gasteiger partial charge in [-0.25, -0.2) is 0 Å². The highest BCUT2D eigenvalue weighted by atomic mass is 79.9. The second-order valence-electron chi connectivity index (χ2n) is 2.86. The number of nitrogens with zero attached hydrogens (tertiary/aromatic N) is 1. The number of rotatable bonds is 4. The van der Waals surface area contributed by atoms with Crippen LogP contribution in [0.25, 0.3) is 0 Å². The maximum Gasteiger partial charge on any atom is 0.0997 e. The fourth-order valence-electron chi connectivity index (χ4n) is 1.26. The molecule has 3 nitrogen and oxygen atoms in total. The van der Waals surface area contributed by atoms with Gasteiger partial charge in [-0.05, 0) is 21.8 Å². The number of nitrogens with one attached hydrogen (secondary N) is 1. The van der Waals surface area contributed by atoms with E-state index in [1.807, 2.05) is 0 Å². The summed E-state index contributed by atoms with van der Waals surface area (Å²) in [5.74, 6) is 0.429. The van der Waals surface area contributed by atoms with E-state index in [0.29, 0.717) is 5.85 Å². The van der Waals surface area contributed by atoms with Crippen molar-refractivity contribution in [1.82, 2.24) is 9.99 Å². The van der Waals surface area contributed by atoms with Gasteiger partial charge in [-0.2, -0.15) is 0 Å². The zero-order valence-electron chi connectivity index (χ0n) is 8.38. The fraction of sp³-hybridized carbons (Fsp3) is 1.00. The largest absolute Gasteiger partial charge is 0.370 e. The van der Waals surface area contributed by atoms with Crippen LogP contribution in [0.3, 0.4) is 0 Å². The van der Waals surface area contributed by atoms with Crippen LogP contribution < -0.4 is 5.32 Å². The Balaban J connectivity index is 0.00000144. The molecule has 1 heterocycles. The molecule has 1 saturated heterocycles. The number of hydrogen-bond acceptors (Lipinski definition) is 3. The van der Waals surface area contributed by atoms with Crippen molar-refractivity contribution < 1.29 is 4.74 Å². The Labute approximate surface area is 93.2 Å². The second-order valence-corrected chi connectivity index (χ2v) is 4.40. The summed E-state index contributed by atoms with van der Waals surface area (Å²) >= 11 is 0. The van der Waals surface area contributed by atoms with E-state index in [2.05, 4.69) is 23.8 Å². The van der Waals surface area contributed by atoms with Crippen molar-refractivity contribution in [3.05, 3.63) is 0 Å². The Kier molecular flexibility index (Phi) is 8.62. The van der Waals surface area contributed by atoms with Crippen LogP contribution in [0.1, 0.15) is 13.8 Å². The zero-order valence-corrected chi connectivity index (χ0v) is 11.1. The molecular formula is C8H20BrN2OP. The standard InChI is InChI=1S/C8H19N2OP.BrH/c1-3-10(4-2)12-8-7-9-5-6-11-8;/h8-9,12H,3-7H2,1-2H3;1H. The molecule has 13 heavy (non-hydrogen) atoms. The SMILES string of the molecule is Br.CCN(CC)PC1CNCCO1. The summed E-state index contributed by atoms with van der Waals surface area (Å²) in [7, 11) is 0.821. The van der Waals surface area contributed by atoms with Gasteiger partial charge in [0.2, 0.25) is 0 Å². The average Bonchev–Trinajstić information content (AvgIpc) is 2.16. The van der Waals surface area contributed by atoms with Gasteiger partial charge < -0.3 is 10.1 Å². The lowest BCUT2D eigenvalue weighted by Crippen LogP contribution is -2.37. The van der Waals surface area contributed by atoms with Gasteiger partial charge in [0.15, 0.2) is 0 Å². The first-order chi connectivity index (χ1) is 5.86. The molecule has 0 amide bonds. The molecule has 0 saturated carbocycles. The average molecular weight is 271 g/mol. The molecule has 0 spiro atoms. The number of hydrogen-bond donors (Lipinski definition) is 1. The highest BCUT2D eigenvalue weighted by Gasteiger charge is 2.15. The zero-order chi connectivity index (χ0) is 8.81. The molecule has 2 atom stereocenters. The quantitative estimate of drug-likeness (QED) is 0.783. The summed E-state index contributed by atoms with van der Waals surface area (Å²) in [6, 6.07) is 0. The molecule has 0 aromatic carbocycles. The molecule has 1 aliphatic rings. The van der Waals surface area contributed by atoms with Crippen LogP contribution >= 0.6 is 25.7 Å². The first-order valence-electron chi connectivity index (χ1n) is 4.70. The first kappa shape index (κ1) is 13.8. The van der Waals surface area contributed by atoms with Crippen molar-refractivity contribution in [2.45, 2.75) is 19.7 Å². The van der Waals surface area contributed by atoms with E-state index in [1.54, 1.807) is 0 Å². The monoisotopic (exact) mass is 270 g/mol. The predicted molar refractivity (Wildman–Crippen MR) is 64.2 cm³/mol. The second kappa shape index (κ2) is 8.13. The smallest absolute Gasteiger partial charge is 0.0997 e. The third-order valence-corrected chi connectivity index (χ3v) is 3.67. The van der Waals surface area contributed by atoms with Crippen LogP contribution in [-0.4, -0.2) is 43.3 Å². The molecule has 80 valence electrons. The highest BCUT2D eigenvalue weighted by molar-refractivity contribution is 8.93. The summed E-state index contributed by atoms with van der Waals surface area (Å²) in [6.07, 6.45) is 0. The van der Waals surface area contributed by atoms with E-state index >= 15 is 0 Å². The third kappa shape index (κ3) is 5.28. The van der Waals surface area contributed by atoms with Crippen LogP contribution in [-0.2, 0) is 4.74 Å². The lowest BCUT2D eigenvalue weighted by atomic mass is 10.5. The lowest BCUT2D eigenvalue weighted by Gasteiger charge is -2.28. The van der Waals surface area contributed by atoms with Crippen LogP contribution in [0.15, 0.2) is 0 Å². The Hall–Kier alpha value is 0.790. The molecule has 1 N–H and O–H groups in total. The van der Waals surface area contributed by atoms with Crippen molar-refractivity contribution in [2.75, 3.05) is 32.8 Å². The van der Waals surface area contributed by atoms with Gasteiger partial charge in [0, 0.05) is 13.1 Å². The van der Waals surface area contributed by atoms with Crippen LogP contribution in [0.4, 0.5) is 0 Å². The molecule has 1 rings (SSSR count). The minimum atomic E-state index is 0. The van der Waals surface area contributed by atoms with Crippen LogP contribution in [0.2, 0.25) is 0 Å². The topological polar surface area (TPSA) is 24.5 Å². The van der Waals surface area contributed by atoms with E-state index in [1.165, 1.54) is 0 Å². The van der Waals surface area contributed by atoms with Crippen LogP contribution in [0.5, 0.6) is 0 Å². The molecule has 0 radical (unpaired) electrons. The van der Waals surface area contributed by atoms with E-state index in [4.69, 9.17) is 4.74 Å².